The summed E-state index contributed by atoms with van der Waals surface area (Å²) < 4.78 is 5.79. The van der Waals surface area contributed by atoms with Crippen molar-refractivity contribution in [3.63, 3.8) is 0 Å². The highest BCUT2D eigenvalue weighted by Crippen LogP contribution is 2.40. The molecule has 0 saturated carbocycles. The van der Waals surface area contributed by atoms with Gasteiger partial charge in [0.2, 0.25) is 5.91 Å². The number of anilines is 1. The number of nitrogens with zero attached hydrogens (tertiary/aromatic N) is 5. The molecule has 2 saturated heterocycles. The Kier molecular flexibility index (Phi) is 6.67. The minimum Gasteiger partial charge on any atom is -0.472 e. The van der Waals surface area contributed by atoms with E-state index in [0.717, 1.165) is 30.9 Å². The monoisotopic (exact) mass is 521 g/mol. The van der Waals surface area contributed by atoms with Crippen LogP contribution in [-0.4, -0.2) is 71.6 Å². The number of carbonyl (C=O) groups excluding carboxylic acids is 2. The summed E-state index contributed by atoms with van der Waals surface area (Å²) in [6.45, 7) is 3.98. The van der Waals surface area contributed by atoms with Gasteiger partial charge in [-0.1, -0.05) is 48.5 Å². The molecule has 39 heavy (non-hydrogen) atoms. The first-order chi connectivity index (χ1) is 19.1. The van der Waals surface area contributed by atoms with Crippen molar-refractivity contribution in [1.82, 2.24) is 14.7 Å². The molecule has 0 radical (unpaired) electrons. The van der Waals surface area contributed by atoms with Gasteiger partial charge in [-0.15, -0.1) is 0 Å². The maximum Gasteiger partial charge on any atom is 0.260 e. The van der Waals surface area contributed by atoms with Crippen molar-refractivity contribution in [1.29, 1.82) is 5.26 Å². The van der Waals surface area contributed by atoms with Gasteiger partial charge in [-0.3, -0.25) is 9.59 Å². The van der Waals surface area contributed by atoms with Gasteiger partial charge in [0.25, 0.3) is 5.91 Å². The van der Waals surface area contributed by atoms with Crippen LogP contribution < -0.4 is 9.64 Å². The standard InChI is InChI=1S/C31H31N5O3/c32-20-24-8-4-5-9-25(24)21-35-22-36(26-10-2-1-3-11-26)31(30(35)38)14-16-33(17-15-31)18-19-34-23-39-28-13-7-6-12-27(28)29(34)37/h1-13H,14-19,21-23H2. The summed E-state index contributed by atoms with van der Waals surface area (Å²) in [5.74, 6) is 0.760. The van der Waals surface area contributed by atoms with Crippen LogP contribution >= 0.6 is 0 Å². The number of ether oxygens (including phenoxy) is 1. The van der Waals surface area contributed by atoms with Crippen molar-refractivity contribution >= 4 is 17.5 Å². The lowest BCUT2D eigenvalue weighted by Gasteiger charge is -2.43. The molecule has 2 fully saturated rings. The van der Waals surface area contributed by atoms with Crippen LogP contribution in [0, 0.1) is 11.3 Å². The smallest absolute Gasteiger partial charge is 0.260 e. The minimum absolute atomic E-state index is 0.000143. The van der Waals surface area contributed by atoms with E-state index in [1.54, 1.807) is 17.0 Å². The van der Waals surface area contributed by atoms with Crippen LogP contribution in [0.15, 0.2) is 78.9 Å². The average molecular weight is 522 g/mol. The van der Waals surface area contributed by atoms with E-state index in [4.69, 9.17) is 4.74 Å². The van der Waals surface area contributed by atoms with Crippen LogP contribution in [0.2, 0.25) is 0 Å². The molecule has 6 rings (SSSR count). The highest BCUT2D eigenvalue weighted by molar-refractivity contribution is 5.97. The van der Waals surface area contributed by atoms with Crippen molar-refractivity contribution < 1.29 is 14.3 Å². The Morgan fingerprint density at radius 2 is 1.56 bits per heavy atom. The molecule has 0 N–H and O–H groups in total. The molecule has 3 aliphatic heterocycles. The molecule has 0 aromatic heterocycles. The van der Waals surface area contributed by atoms with Crippen molar-refractivity contribution in [2.45, 2.75) is 24.9 Å². The molecule has 0 atom stereocenters. The number of hydrogen-bond donors (Lipinski definition) is 0. The molecule has 0 unspecified atom stereocenters. The third-order valence-electron chi connectivity index (χ3n) is 8.23. The molecule has 0 bridgehead atoms. The lowest BCUT2D eigenvalue weighted by atomic mass is 9.85. The lowest BCUT2D eigenvalue weighted by molar-refractivity contribution is -0.134. The molecular weight excluding hydrogens is 490 g/mol. The summed E-state index contributed by atoms with van der Waals surface area (Å²) >= 11 is 0. The van der Waals surface area contributed by atoms with E-state index in [1.807, 2.05) is 59.5 Å². The van der Waals surface area contributed by atoms with Gasteiger partial charge in [-0.25, -0.2) is 0 Å². The van der Waals surface area contributed by atoms with Gasteiger partial charge in [-0.2, -0.15) is 5.26 Å². The Morgan fingerprint density at radius 1 is 0.846 bits per heavy atom. The van der Waals surface area contributed by atoms with Gasteiger partial charge >= 0.3 is 0 Å². The Labute approximate surface area is 228 Å². The number of likely N-dealkylation sites (tertiary alicyclic amines) is 1. The average Bonchev–Trinajstić information content (AvgIpc) is 3.25. The Hall–Kier alpha value is -4.35. The summed E-state index contributed by atoms with van der Waals surface area (Å²) in [6.07, 6.45) is 1.40. The van der Waals surface area contributed by atoms with Crippen LogP contribution in [-0.2, 0) is 11.3 Å². The van der Waals surface area contributed by atoms with E-state index in [0.29, 0.717) is 49.5 Å². The number of carbonyl (C=O) groups is 2. The fourth-order valence-electron chi connectivity index (χ4n) is 6.02. The van der Waals surface area contributed by atoms with Crippen LogP contribution in [0.5, 0.6) is 5.75 Å². The number of rotatable bonds is 6. The molecular formula is C31H31N5O3. The maximum absolute atomic E-state index is 14.1. The van der Waals surface area contributed by atoms with Crippen LogP contribution in [0.3, 0.4) is 0 Å². The molecule has 198 valence electrons. The minimum atomic E-state index is -0.623. The van der Waals surface area contributed by atoms with Gasteiger partial charge in [0.1, 0.15) is 11.3 Å². The molecule has 3 heterocycles. The fourth-order valence-corrected chi connectivity index (χ4v) is 6.02. The molecule has 3 aromatic rings. The summed E-state index contributed by atoms with van der Waals surface area (Å²) in [6, 6.07) is 27.2. The molecule has 3 aromatic carbocycles. The van der Waals surface area contributed by atoms with E-state index in [-0.39, 0.29) is 18.5 Å². The Balaban J connectivity index is 1.15. The number of nitriles is 1. The summed E-state index contributed by atoms with van der Waals surface area (Å²) in [5, 5.41) is 9.57. The predicted molar refractivity (Wildman–Crippen MR) is 147 cm³/mol. The molecule has 3 aliphatic rings. The molecule has 1 spiro atoms. The van der Waals surface area contributed by atoms with Crippen molar-refractivity contribution in [2.24, 2.45) is 0 Å². The summed E-state index contributed by atoms with van der Waals surface area (Å²) in [5.41, 5.74) is 2.49. The van der Waals surface area contributed by atoms with Gasteiger partial charge < -0.3 is 24.3 Å². The number of fused-ring (bicyclic) bond motifs is 1. The molecule has 0 aliphatic carbocycles. The quantitative estimate of drug-likeness (QED) is 0.492. The van der Waals surface area contributed by atoms with Gasteiger partial charge in [0, 0.05) is 38.4 Å². The normalized spacial score (nSPS) is 18.7. The van der Waals surface area contributed by atoms with E-state index >= 15 is 0 Å². The van der Waals surface area contributed by atoms with Crippen LogP contribution in [0.1, 0.15) is 34.3 Å². The molecule has 8 heteroatoms. The molecule has 2 amide bonds. The zero-order valence-corrected chi connectivity index (χ0v) is 21.8. The highest BCUT2D eigenvalue weighted by atomic mass is 16.5. The largest absolute Gasteiger partial charge is 0.472 e. The lowest BCUT2D eigenvalue weighted by Crippen LogP contribution is -2.57. The van der Waals surface area contributed by atoms with Gasteiger partial charge in [0.15, 0.2) is 6.73 Å². The Bertz CT molecular complexity index is 1410. The molecule has 8 nitrogen and oxygen atoms in total. The number of amides is 2. The van der Waals surface area contributed by atoms with E-state index in [9.17, 15) is 14.9 Å². The third kappa shape index (κ3) is 4.59. The first-order valence-corrected chi connectivity index (χ1v) is 13.4. The maximum atomic E-state index is 14.1. The SMILES string of the molecule is N#Cc1ccccc1CN1CN(c2ccccc2)C2(CCN(CCN3COc4ccccc4C3=O)CC2)C1=O. The Morgan fingerprint density at radius 3 is 2.36 bits per heavy atom. The first-order valence-electron chi connectivity index (χ1n) is 13.4. The van der Waals surface area contributed by atoms with Crippen molar-refractivity contribution in [2.75, 3.05) is 44.5 Å². The number of para-hydroxylation sites is 2. The number of hydrogen-bond acceptors (Lipinski definition) is 6. The van der Waals surface area contributed by atoms with Crippen molar-refractivity contribution in [3.8, 4) is 11.8 Å². The van der Waals surface area contributed by atoms with E-state index in [1.165, 1.54) is 0 Å². The van der Waals surface area contributed by atoms with E-state index in [2.05, 4.69) is 28.0 Å². The predicted octanol–water partition coefficient (Wildman–Crippen LogP) is 3.69. The number of benzene rings is 3. The summed E-state index contributed by atoms with van der Waals surface area (Å²) in [4.78, 5) is 35.2. The van der Waals surface area contributed by atoms with Gasteiger partial charge in [0.05, 0.1) is 23.9 Å². The van der Waals surface area contributed by atoms with Crippen LogP contribution in [0.25, 0.3) is 0 Å². The zero-order chi connectivity index (χ0) is 26.8. The van der Waals surface area contributed by atoms with Gasteiger partial charge in [-0.05, 0) is 48.7 Å². The van der Waals surface area contributed by atoms with Crippen LogP contribution in [0.4, 0.5) is 5.69 Å². The second-order valence-electron chi connectivity index (χ2n) is 10.4. The summed E-state index contributed by atoms with van der Waals surface area (Å²) in [7, 11) is 0. The number of piperidine rings is 1. The second-order valence-corrected chi connectivity index (χ2v) is 10.4. The second kappa shape index (κ2) is 10.4. The first kappa shape index (κ1) is 25.0. The highest BCUT2D eigenvalue weighted by Gasteiger charge is 2.53. The topological polar surface area (TPSA) is 80.1 Å². The third-order valence-corrected chi connectivity index (χ3v) is 8.23. The fraction of sp³-hybridized carbons (Fsp3) is 0.323. The van der Waals surface area contributed by atoms with E-state index < -0.39 is 5.54 Å². The van der Waals surface area contributed by atoms with Crippen molar-refractivity contribution in [3.05, 3.63) is 95.6 Å². The zero-order valence-electron chi connectivity index (χ0n) is 21.8.